The van der Waals surface area contributed by atoms with Crippen LogP contribution in [0.2, 0.25) is 0 Å². The number of hydrogen-bond acceptors (Lipinski definition) is 6. The average Bonchev–Trinajstić information content (AvgIpc) is 2.96. The van der Waals surface area contributed by atoms with Gasteiger partial charge in [0.1, 0.15) is 9.57 Å². The zero-order chi connectivity index (χ0) is 18.5. The number of unbranched alkanes of at least 4 members (excludes halogenated alkanes) is 1. The molecule has 26 heavy (non-hydrogen) atoms. The van der Waals surface area contributed by atoms with Crippen molar-refractivity contribution in [3.05, 3.63) is 43.6 Å². The maximum Gasteiger partial charge on any atom is 0.120 e. The van der Waals surface area contributed by atoms with Crippen molar-refractivity contribution < 1.29 is 5.11 Å². The van der Waals surface area contributed by atoms with Crippen LogP contribution < -0.4 is 0 Å². The van der Waals surface area contributed by atoms with Gasteiger partial charge in [0.05, 0.1) is 0 Å². The van der Waals surface area contributed by atoms with Gasteiger partial charge in [0.15, 0.2) is 0 Å². The quantitative estimate of drug-likeness (QED) is 0.512. The average molecular weight is 409 g/mol. The van der Waals surface area contributed by atoms with E-state index < -0.39 is 0 Å². The molecule has 0 atom stereocenters. The van der Waals surface area contributed by atoms with Gasteiger partial charge < -0.3 is 10.0 Å². The van der Waals surface area contributed by atoms with Crippen LogP contribution in [0.25, 0.3) is 0 Å². The Morgan fingerprint density at radius 1 is 1.12 bits per heavy atom. The van der Waals surface area contributed by atoms with Crippen molar-refractivity contribution in [3.63, 3.8) is 0 Å². The summed E-state index contributed by atoms with van der Waals surface area (Å²) in [4.78, 5) is 6.33. The van der Waals surface area contributed by atoms with Crippen LogP contribution in [0, 0.1) is 10.7 Å². The molecular formula is C20H28N2OS3. The fourth-order valence-corrected chi connectivity index (χ4v) is 6.08. The second kappa shape index (κ2) is 9.42. The number of rotatable bonds is 7. The largest absolute Gasteiger partial charge is 0.508 e. The Morgan fingerprint density at radius 2 is 1.85 bits per heavy atom. The number of phenolic OH excluding ortho intramolecular Hbond substituents is 1. The van der Waals surface area contributed by atoms with Crippen LogP contribution in [0.3, 0.4) is 0 Å². The van der Waals surface area contributed by atoms with Crippen molar-refractivity contribution >= 4 is 32.9 Å². The molecule has 1 N–H and O–H groups in total. The highest BCUT2D eigenvalue weighted by Gasteiger charge is 2.18. The Hall–Kier alpha value is -0.790. The normalized spacial score (nSPS) is 16.2. The van der Waals surface area contributed by atoms with Gasteiger partial charge in [0.25, 0.3) is 0 Å². The minimum Gasteiger partial charge on any atom is -0.508 e. The van der Waals surface area contributed by atoms with E-state index in [-0.39, 0.29) is 0 Å². The van der Waals surface area contributed by atoms with Gasteiger partial charge in [-0.1, -0.05) is 58.4 Å². The molecule has 2 heterocycles. The van der Waals surface area contributed by atoms with Crippen LogP contribution in [0.1, 0.15) is 41.3 Å². The van der Waals surface area contributed by atoms with Crippen LogP contribution in [0.5, 0.6) is 5.75 Å². The molecule has 0 aliphatic carbocycles. The van der Waals surface area contributed by atoms with Gasteiger partial charge in [-0.15, -0.1) is 0 Å². The highest BCUT2D eigenvalue weighted by molar-refractivity contribution is 7.79. The minimum absolute atomic E-state index is 0.408. The first kappa shape index (κ1) is 20.0. The molecule has 0 saturated carbocycles. The van der Waals surface area contributed by atoms with Crippen LogP contribution in [-0.4, -0.2) is 47.6 Å². The van der Waals surface area contributed by atoms with Crippen molar-refractivity contribution in [2.45, 2.75) is 39.7 Å². The molecular weight excluding hydrogens is 380 g/mol. The summed E-state index contributed by atoms with van der Waals surface area (Å²) in [5.74, 6) is 0.408. The van der Waals surface area contributed by atoms with E-state index in [4.69, 9.17) is 12.2 Å². The lowest BCUT2D eigenvalue weighted by molar-refractivity contribution is 0.125. The number of nitrogens with zero attached hydrogens (tertiary/aromatic N) is 2. The highest BCUT2D eigenvalue weighted by atomic mass is 32.9. The number of benzene rings is 1. The molecule has 1 saturated heterocycles. The lowest BCUT2D eigenvalue weighted by Gasteiger charge is -2.34. The van der Waals surface area contributed by atoms with E-state index >= 15 is 0 Å². The summed E-state index contributed by atoms with van der Waals surface area (Å²) in [6, 6.07) is 6.03. The monoisotopic (exact) mass is 408 g/mol. The van der Waals surface area contributed by atoms with E-state index in [2.05, 4.69) is 29.7 Å². The standard InChI is InChI=1S/C20H28N2OS3/c1-3-4-7-21-8-10-22(11-9-21)14-17-12-16(5-6-19(17)23)13-18-15(2)25-26-20(18)24/h5-6,12,23H,3-4,7-11,13-14H2,1-2H3. The minimum atomic E-state index is 0.408. The summed E-state index contributed by atoms with van der Waals surface area (Å²) < 4.78 is 1.00. The molecule has 1 aliphatic heterocycles. The van der Waals surface area contributed by atoms with E-state index in [1.54, 1.807) is 20.7 Å². The van der Waals surface area contributed by atoms with Crippen molar-refractivity contribution in [2.24, 2.45) is 0 Å². The van der Waals surface area contributed by atoms with Crippen LogP contribution >= 0.6 is 32.9 Å². The number of piperazine rings is 1. The Balaban J connectivity index is 1.63. The second-order valence-electron chi connectivity index (χ2n) is 7.10. The van der Waals surface area contributed by atoms with Gasteiger partial charge in [-0.3, -0.25) is 4.90 Å². The summed E-state index contributed by atoms with van der Waals surface area (Å²) in [7, 11) is 3.45. The number of aromatic hydroxyl groups is 1. The van der Waals surface area contributed by atoms with Crippen molar-refractivity contribution in [2.75, 3.05) is 32.7 Å². The fourth-order valence-electron chi connectivity index (χ4n) is 3.41. The number of phenols is 1. The molecule has 3 nitrogen and oxygen atoms in total. The first-order valence-electron chi connectivity index (χ1n) is 9.41. The molecule has 3 rings (SSSR count). The summed E-state index contributed by atoms with van der Waals surface area (Å²) in [6.45, 7) is 10.9. The molecule has 0 bridgehead atoms. The maximum atomic E-state index is 10.3. The molecule has 142 valence electrons. The predicted molar refractivity (Wildman–Crippen MR) is 115 cm³/mol. The van der Waals surface area contributed by atoms with Gasteiger partial charge in [-0.2, -0.15) is 0 Å². The zero-order valence-electron chi connectivity index (χ0n) is 15.7. The third-order valence-electron chi connectivity index (χ3n) is 5.13. The van der Waals surface area contributed by atoms with E-state index in [1.165, 1.54) is 35.4 Å². The van der Waals surface area contributed by atoms with E-state index in [1.807, 2.05) is 12.1 Å². The van der Waals surface area contributed by atoms with Gasteiger partial charge in [-0.05, 0) is 37.1 Å². The van der Waals surface area contributed by atoms with Crippen LogP contribution in [-0.2, 0) is 13.0 Å². The Kier molecular flexibility index (Phi) is 7.23. The maximum absolute atomic E-state index is 10.3. The zero-order valence-corrected chi connectivity index (χ0v) is 18.1. The van der Waals surface area contributed by atoms with E-state index in [0.717, 1.165) is 48.5 Å². The van der Waals surface area contributed by atoms with Gasteiger partial charge in [-0.25, -0.2) is 0 Å². The van der Waals surface area contributed by atoms with Crippen molar-refractivity contribution in [1.29, 1.82) is 0 Å². The SMILES string of the molecule is CCCCN1CCN(Cc2cc(Cc3c(C)ssc3=S)ccc2O)CC1. The van der Waals surface area contributed by atoms with Gasteiger partial charge in [0.2, 0.25) is 0 Å². The van der Waals surface area contributed by atoms with E-state index in [0.29, 0.717) is 5.75 Å². The Morgan fingerprint density at radius 3 is 2.50 bits per heavy atom. The first-order valence-corrected chi connectivity index (χ1v) is 12.0. The Labute approximate surface area is 169 Å². The topological polar surface area (TPSA) is 26.7 Å². The lowest BCUT2D eigenvalue weighted by atomic mass is 10.0. The molecule has 0 amide bonds. The number of aryl methyl sites for hydroxylation is 1. The molecule has 6 heteroatoms. The highest BCUT2D eigenvalue weighted by Crippen LogP contribution is 2.28. The molecule has 0 spiro atoms. The molecule has 1 aromatic carbocycles. The summed E-state index contributed by atoms with van der Waals surface area (Å²) in [5, 5.41) is 10.3. The molecule has 0 radical (unpaired) electrons. The predicted octanol–water partition coefficient (Wildman–Crippen LogP) is 5.06. The van der Waals surface area contributed by atoms with Crippen LogP contribution in [0.4, 0.5) is 0 Å². The first-order chi connectivity index (χ1) is 12.6. The summed E-state index contributed by atoms with van der Waals surface area (Å²) in [6.07, 6.45) is 3.41. The molecule has 1 aliphatic rings. The number of hydrogen-bond donors (Lipinski definition) is 1. The molecule has 1 fully saturated rings. The second-order valence-corrected chi connectivity index (χ2v) is 10.1. The van der Waals surface area contributed by atoms with Gasteiger partial charge in [0, 0.05) is 49.6 Å². The summed E-state index contributed by atoms with van der Waals surface area (Å²) in [5.41, 5.74) is 3.54. The van der Waals surface area contributed by atoms with E-state index in [9.17, 15) is 5.11 Å². The van der Waals surface area contributed by atoms with Gasteiger partial charge >= 0.3 is 0 Å². The molecule has 2 aromatic rings. The fraction of sp³-hybridized carbons (Fsp3) is 0.550. The summed E-state index contributed by atoms with van der Waals surface area (Å²) >= 11 is 5.47. The lowest BCUT2D eigenvalue weighted by Crippen LogP contribution is -2.46. The third-order valence-corrected chi connectivity index (χ3v) is 8.42. The molecule has 0 unspecified atom stereocenters. The van der Waals surface area contributed by atoms with Crippen LogP contribution in [0.15, 0.2) is 18.2 Å². The van der Waals surface area contributed by atoms with Crippen molar-refractivity contribution in [3.8, 4) is 5.75 Å². The Bertz CT molecular complexity index is 776. The molecule has 1 aromatic heterocycles. The van der Waals surface area contributed by atoms with Crippen molar-refractivity contribution in [1.82, 2.24) is 9.80 Å². The smallest absolute Gasteiger partial charge is 0.120 e. The third kappa shape index (κ3) is 5.14.